The molecule has 1 spiro atoms. The number of hydrogen-bond acceptors (Lipinski definition) is 5. The maximum Gasteiger partial charge on any atom is 0.183 e. The lowest BCUT2D eigenvalue weighted by Gasteiger charge is -2.24. The van der Waals surface area contributed by atoms with E-state index in [1.54, 1.807) is 7.11 Å². The third-order valence-corrected chi connectivity index (χ3v) is 7.20. The van der Waals surface area contributed by atoms with Gasteiger partial charge in [0, 0.05) is 21.0 Å². The van der Waals surface area contributed by atoms with Crippen molar-refractivity contribution in [2.75, 3.05) is 11.8 Å². The second-order valence-electron chi connectivity index (χ2n) is 6.96. The molecular formula is C20H16BrClN2O2S. The summed E-state index contributed by atoms with van der Waals surface area (Å²) in [7, 11) is 1.64. The van der Waals surface area contributed by atoms with E-state index in [2.05, 4.69) is 44.0 Å². The summed E-state index contributed by atoms with van der Waals surface area (Å²) in [6, 6.07) is 12.1. The molecule has 1 fully saturated rings. The van der Waals surface area contributed by atoms with Gasteiger partial charge >= 0.3 is 0 Å². The lowest BCUT2D eigenvalue weighted by molar-refractivity contribution is 0.405. The van der Waals surface area contributed by atoms with Gasteiger partial charge in [0.1, 0.15) is 5.75 Å². The van der Waals surface area contributed by atoms with Gasteiger partial charge in [-0.1, -0.05) is 44.8 Å². The Morgan fingerprint density at radius 1 is 1.30 bits per heavy atom. The van der Waals surface area contributed by atoms with Gasteiger partial charge in [-0.15, -0.1) is 0 Å². The molecule has 138 valence electrons. The molecule has 1 saturated carbocycles. The molecule has 0 radical (unpaired) electrons. The number of benzene rings is 2. The minimum absolute atomic E-state index is 0.234. The number of halogens is 2. The molecule has 7 heteroatoms. The van der Waals surface area contributed by atoms with Crippen molar-refractivity contribution in [1.82, 2.24) is 5.16 Å². The molecule has 1 N–H and O–H groups in total. The summed E-state index contributed by atoms with van der Waals surface area (Å²) in [6.07, 6.45) is 3.36. The Morgan fingerprint density at radius 2 is 2.15 bits per heavy atom. The molecule has 1 aromatic heterocycles. The average molecular weight is 464 g/mol. The number of fused-ring (bicyclic) bond motifs is 4. The second kappa shape index (κ2) is 6.47. The summed E-state index contributed by atoms with van der Waals surface area (Å²) in [4.78, 5) is 0.832. The predicted octanol–water partition coefficient (Wildman–Crippen LogP) is 6.47. The predicted molar refractivity (Wildman–Crippen MR) is 112 cm³/mol. The van der Waals surface area contributed by atoms with E-state index in [1.807, 2.05) is 18.2 Å². The molecule has 0 unspecified atom stereocenters. The van der Waals surface area contributed by atoms with Crippen molar-refractivity contribution in [3.8, 4) is 17.1 Å². The number of anilines is 1. The van der Waals surface area contributed by atoms with Crippen molar-refractivity contribution in [3.05, 3.63) is 57.0 Å². The first-order chi connectivity index (χ1) is 13.1. The highest BCUT2D eigenvalue weighted by Crippen LogP contribution is 2.58. The van der Waals surface area contributed by atoms with E-state index < -0.39 is 0 Å². The van der Waals surface area contributed by atoms with Crippen molar-refractivity contribution in [2.45, 2.75) is 29.6 Å². The largest absolute Gasteiger partial charge is 0.495 e. The number of hydrogen-bond donors (Lipinski definition) is 1. The normalized spacial score (nSPS) is 16.0. The number of nitrogens with zero attached hydrogens (tertiary/aromatic N) is 1. The van der Waals surface area contributed by atoms with E-state index in [1.165, 1.54) is 30.4 Å². The molecule has 3 aromatic rings. The molecule has 4 nitrogen and oxygen atoms in total. The number of ether oxygens (including phenoxy) is 1. The molecule has 2 aliphatic carbocycles. The van der Waals surface area contributed by atoms with Gasteiger partial charge in [-0.3, -0.25) is 0 Å². The topological polar surface area (TPSA) is 47.3 Å². The fourth-order valence-corrected chi connectivity index (χ4v) is 5.23. The van der Waals surface area contributed by atoms with Gasteiger partial charge in [-0.25, -0.2) is 0 Å². The Labute approximate surface area is 174 Å². The summed E-state index contributed by atoms with van der Waals surface area (Å²) < 4.78 is 15.5. The van der Waals surface area contributed by atoms with Gasteiger partial charge in [0.25, 0.3) is 0 Å². The van der Waals surface area contributed by atoms with E-state index >= 15 is 0 Å². The van der Waals surface area contributed by atoms with Crippen LogP contribution in [0.15, 0.2) is 50.3 Å². The molecule has 5 rings (SSSR count). The molecule has 2 aliphatic rings. The highest BCUT2D eigenvalue weighted by Gasteiger charge is 2.50. The minimum Gasteiger partial charge on any atom is -0.495 e. The lowest BCUT2D eigenvalue weighted by Crippen LogP contribution is -2.17. The third-order valence-electron chi connectivity index (χ3n) is 5.36. The first kappa shape index (κ1) is 17.5. The zero-order valence-corrected chi connectivity index (χ0v) is 17.7. The molecule has 0 atom stereocenters. The van der Waals surface area contributed by atoms with E-state index in [0.29, 0.717) is 5.02 Å². The third kappa shape index (κ3) is 2.85. The number of nitrogens with one attached hydrogen (secondary N) is 1. The van der Waals surface area contributed by atoms with Crippen LogP contribution in [0.3, 0.4) is 0 Å². The van der Waals surface area contributed by atoms with Crippen molar-refractivity contribution >= 4 is 45.3 Å². The zero-order chi connectivity index (χ0) is 18.6. The monoisotopic (exact) mass is 462 g/mol. The van der Waals surface area contributed by atoms with Crippen LogP contribution in [0, 0.1) is 0 Å². The van der Waals surface area contributed by atoms with E-state index in [4.69, 9.17) is 20.9 Å². The van der Waals surface area contributed by atoms with Crippen LogP contribution < -0.4 is 9.46 Å². The lowest BCUT2D eigenvalue weighted by atomic mass is 9.79. The Morgan fingerprint density at radius 3 is 2.93 bits per heavy atom. The Kier molecular flexibility index (Phi) is 4.18. The SMILES string of the molecule is COc1cccc(Cl)c1SNc1noc2c1CC1(CC1)c1ccc(Br)cc1-2. The van der Waals surface area contributed by atoms with Crippen molar-refractivity contribution in [3.63, 3.8) is 0 Å². The fourth-order valence-electron chi connectivity index (χ4n) is 3.81. The summed E-state index contributed by atoms with van der Waals surface area (Å²) in [5.41, 5.74) is 3.89. The molecule has 0 saturated heterocycles. The minimum atomic E-state index is 0.234. The summed E-state index contributed by atoms with van der Waals surface area (Å²) in [5.74, 6) is 2.34. The average Bonchev–Trinajstić information content (AvgIpc) is 3.32. The molecule has 27 heavy (non-hydrogen) atoms. The van der Waals surface area contributed by atoms with Crippen LogP contribution in [0.25, 0.3) is 11.3 Å². The number of rotatable bonds is 4. The maximum atomic E-state index is 6.34. The maximum absolute atomic E-state index is 6.34. The van der Waals surface area contributed by atoms with Gasteiger partial charge in [0.05, 0.1) is 17.0 Å². The Balaban J connectivity index is 1.50. The van der Waals surface area contributed by atoms with Gasteiger partial charge in [-0.05, 0) is 61.0 Å². The van der Waals surface area contributed by atoms with Crippen LogP contribution in [-0.2, 0) is 11.8 Å². The van der Waals surface area contributed by atoms with E-state index in [9.17, 15) is 0 Å². The molecule has 0 amide bonds. The molecular weight excluding hydrogens is 448 g/mol. The van der Waals surface area contributed by atoms with Crippen molar-refractivity contribution in [2.24, 2.45) is 0 Å². The van der Waals surface area contributed by atoms with Gasteiger partial charge in [0.15, 0.2) is 11.6 Å². The fraction of sp³-hybridized carbons (Fsp3) is 0.250. The molecule has 1 heterocycles. The zero-order valence-electron chi connectivity index (χ0n) is 14.5. The first-order valence-electron chi connectivity index (χ1n) is 8.66. The molecule has 0 aliphatic heterocycles. The first-order valence-corrected chi connectivity index (χ1v) is 10.6. The smallest absolute Gasteiger partial charge is 0.183 e. The quantitative estimate of drug-likeness (QED) is 0.449. The van der Waals surface area contributed by atoms with Crippen molar-refractivity contribution < 1.29 is 9.26 Å². The van der Waals surface area contributed by atoms with Crippen LogP contribution in [-0.4, -0.2) is 12.3 Å². The Hall–Kier alpha value is -1.63. The summed E-state index contributed by atoms with van der Waals surface area (Å²) in [5, 5.41) is 4.95. The van der Waals surface area contributed by atoms with Crippen molar-refractivity contribution in [1.29, 1.82) is 0 Å². The number of methoxy groups -OCH3 is 1. The van der Waals surface area contributed by atoms with Crippen LogP contribution in [0.4, 0.5) is 5.82 Å². The van der Waals surface area contributed by atoms with Gasteiger partial charge in [0.2, 0.25) is 0 Å². The van der Waals surface area contributed by atoms with Gasteiger partial charge in [-0.2, -0.15) is 0 Å². The number of aromatic nitrogens is 1. The van der Waals surface area contributed by atoms with E-state index in [-0.39, 0.29) is 5.41 Å². The van der Waals surface area contributed by atoms with Gasteiger partial charge < -0.3 is 14.0 Å². The highest BCUT2D eigenvalue weighted by atomic mass is 79.9. The van der Waals surface area contributed by atoms with Crippen LogP contribution >= 0.6 is 39.5 Å². The van der Waals surface area contributed by atoms with Crippen LogP contribution in [0.1, 0.15) is 24.0 Å². The van der Waals surface area contributed by atoms with Crippen LogP contribution in [0.2, 0.25) is 5.02 Å². The molecule has 2 aromatic carbocycles. The molecule has 0 bridgehead atoms. The standard InChI is InChI=1S/C20H16BrClN2O2S/c1-25-16-4-2-3-15(22)18(16)27-24-19-13-10-20(7-8-20)14-6-5-11(21)9-12(14)17(13)26-23-19/h2-6,9H,7-8,10H2,1H3,(H,23,24). The summed E-state index contributed by atoms with van der Waals surface area (Å²) in [6.45, 7) is 0. The summed E-state index contributed by atoms with van der Waals surface area (Å²) >= 11 is 11.3. The highest BCUT2D eigenvalue weighted by molar-refractivity contribution is 9.10. The Bertz CT molecular complexity index is 1050. The van der Waals surface area contributed by atoms with Crippen LogP contribution in [0.5, 0.6) is 5.75 Å². The second-order valence-corrected chi connectivity index (χ2v) is 9.10. The van der Waals surface area contributed by atoms with E-state index in [0.717, 1.165) is 44.2 Å².